The first-order valence-electron chi connectivity index (χ1n) is 7.73. The predicted octanol–water partition coefficient (Wildman–Crippen LogP) is 0.286. The van der Waals surface area contributed by atoms with Crippen molar-refractivity contribution >= 4 is 11.8 Å². The van der Waals surface area contributed by atoms with Gasteiger partial charge < -0.3 is 20.2 Å². The Hall–Kier alpha value is -2.08. The molecule has 6 heteroatoms. The van der Waals surface area contributed by atoms with Gasteiger partial charge in [0.1, 0.15) is 5.75 Å². The minimum Gasteiger partial charge on any atom is -0.507 e. The maximum Gasteiger partial charge on any atom is 0.257 e. The summed E-state index contributed by atoms with van der Waals surface area (Å²) in [5, 5.41) is 13.0. The van der Waals surface area contributed by atoms with Crippen molar-refractivity contribution in [3.63, 3.8) is 0 Å². The lowest BCUT2D eigenvalue weighted by Gasteiger charge is -2.36. The molecule has 2 aliphatic rings. The third-order valence-electron chi connectivity index (χ3n) is 4.42. The van der Waals surface area contributed by atoms with Crippen LogP contribution >= 0.6 is 0 Å². The molecule has 1 unspecified atom stereocenters. The van der Waals surface area contributed by atoms with Gasteiger partial charge in [0.15, 0.2) is 0 Å². The molecule has 0 spiro atoms. The second-order valence-electron chi connectivity index (χ2n) is 5.82. The van der Waals surface area contributed by atoms with Crippen LogP contribution in [-0.4, -0.2) is 66.0 Å². The number of nitrogens with zero attached hydrogens (tertiary/aromatic N) is 2. The summed E-state index contributed by atoms with van der Waals surface area (Å²) in [6, 6.07) is 6.57. The molecule has 2 amide bonds. The van der Waals surface area contributed by atoms with Gasteiger partial charge in [0.2, 0.25) is 5.91 Å². The Balaban J connectivity index is 1.58. The molecule has 1 atom stereocenters. The van der Waals surface area contributed by atoms with Crippen molar-refractivity contribution < 1.29 is 14.7 Å². The normalized spacial score (nSPS) is 21.9. The van der Waals surface area contributed by atoms with E-state index in [1.165, 1.54) is 6.07 Å². The van der Waals surface area contributed by atoms with Crippen LogP contribution in [0, 0.1) is 5.92 Å². The van der Waals surface area contributed by atoms with Crippen molar-refractivity contribution in [2.24, 2.45) is 5.92 Å². The Morgan fingerprint density at radius 2 is 1.77 bits per heavy atom. The minimum absolute atomic E-state index is 0.00281. The molecule has 0 radical (unpaired) electrons. The highest BCUT2D eigenvalue weighted by Crippen LogP contribution is 2.19. The third-order valence-corrected chi connectivity index (χ3v) is 4.42. The van der Waals surface area contributed by atoms with E-state index < -0.39 is 0 Å². The van der Waals surface area contributed by atoms with Gasteiger partial charge in [-0.05, 0) is 25.1 Å². The number of rotatable bonds is 2. The maximum absolute atomic E-state index is 12.4. The number of hydrogen-bond donors (Lipinski definition) is 2. The Kier molecular flexibility index (Phi) is 4.29. The van der Waals surface area contributed by atoms with Gasteiger partial charge >= 0.3 is 0 Å². The van der Waals surface area contributed by atoms with Crippen molar-refractivity contribution in [3.05, 3.63) is 29.8 Å². The first kappa shape index (κ1) is 14.8. The first-order valence-corrected chi connectivity index (χ1v) is 7.73. The molecule has 2 heterocycles. The monoisotopic (exact) mass is 303 g/mol. The van der Waals surface area contributed by atoms with Gasteiger partial charge in [-0.2, -0.15) is 0 Å². The van der Waals surface area contributed by atoms with Crippen molar-refractivity contribution in [1.29, 1.82) is 0 Å². The minimum atomic E-state index is -0.173. The SMILES string of the molecule is O=C(c1ccccc1O)N1CCN(C(=O)C2CCNC2)CC1. The topological polar surface area (TPSA) is 72.9 Å². The fourth-order valence-electron chi connectivity index (χ4n) is 3.08. The Labute approximate surface area is 129 Å². The summed E-state index contributed by atoms with van der Waals surface area (Å²) in [7, 11) is 0. The fourth-order valence-corrected chi connectivity index (χ4v) is 3.08. The molecule has 22 heavy (non-hydrogen) atoms. The number of phenols is 1. The van der Waals surface area contributed by atoms with Crippen LogP contribution in [0.5, 0.6) is 5.75 Å². The standard InChI is InChI=1S/C16H21N3O3/c20-14-4-2-1-3-13(14)16(22)19-9-7-18(8-10-19)15(21)12-5-6-17-11-12/h1-4,12,17,20H,5-11H2. The summed E-state index contributed by atoms with van der Waals surface area (Å²) < 4.78 is 0. The lowest BCUT2D eigenvalue weighted by molar-refractivity contribution is -0.136. The average molecular weight is 303 g/mol. The van der Waals surface area contributed by atoms with Crippen molar-refractivity contribution in [3.8, 4) is 5.75 Å². The predicted molar refractivity (Wildman–Crippen MR) is 81.6 cm³/mol. The largest absolute Gasteiger partial charge is 0.507 e. The zero-order chi connectivity index (χ0) is 15.5. The summed E-state index contributed by atoms with van der Waals surface area (Å²) in [6.07, 6.45) is 0.899. The summed E-state index contributed by atoms with van der Waals surface area (Å²) in [5.41, 5.74) is 0.322. The van der Waals surface area contributed by atoms with E-state index in [9.17, 15) is 14.7 Å². The molecule has 0 bridgehead atoms. The van der Waals surface area contributed by atoms with E-state index in [1.54, 1.807) is 23.1 Å². The van der Waals surface area contributed by atoms with E-state index >= 15 is 0 Å². The van der Waals surface area contributed by atoms with Crippen LogP contribution in [0.3, 0.4) is 0 Å². The molecule has 118 valence electrons. The lowest BCUT2D eigenvalue weighted by Crippen LogP contribution is -2.52. The summed E-state index contributed by atoms with van der Waals surface area (Å²) >= 11 is 0. The molecule has 0 aromatic heterocycles. The molecule has 0 saturated carbocycles. The molecule has 6 nitrogen and oxygen atoms in total. The number of benzene rings is 1. The van der Waals surface area contributed by atoms with Crippen LogP contribution in [0.1, 0.15) is 16.8 Å². The molecule has 0 aliphatic carbocycles. The number of amides is 2. The van der Waals surface area contributed by atoms with Gasteiger partial charge in [-0.1, -0.05) is 12.1 Å². The second kappa shape index (κ2) is 6.36. The Morgan fingerprint density at radius 3 is 2.41 bits per heavy atom. The molecule has 1 aromatic rings. The first-order chi connectivity index (χ1) is 10.7. The van der Waals surface area contributed by atoms with Gasteiger partial charge in [0.05, 0.1) is 11.5 Å². The van der Waals surface area contributed by atoms with Crippen LogP contribution in [0.4, 0.5) is 0 Å². The highest BCUT2D eigenvalue weighted by molar-refractivity contribution is 5.97. The molecule has 3 rings (SSSR count). The quantitative estimate of drug-likeness (QED) is 0.823. The van der Waals surface area contributed by atoms with E-state index in [4.69, 9.17) is 0 Å². The third kappa shape index (κ3) is 2.92. The number of carbonyl (C=O) groups excluding carboxylic acids is 2. The lowest BCUT2D eigenvalue weighted by atomic mass is 10.1. The van der Waals surface area contributed by atoms with Gasteiger partial charge in [-0.15, -0.1) is 0 Å². The number of aromatic hydroxyl groups is 1. The number of carbonyl (C=O) groups is 2. The summed E-state index contributed by atoms with van der Waals surface area (Å²) in [5.74, 6) is 0.107. The Bertz CT molecular complexity index is 562. The van der Waals surface area contributed by atoms with Crippen LogP contribution in [0.25, 0.3) is 0 Å². The smallest absolute Gasteiger partial charge is 0.257 e. The number of hydrogen-bond acceptors (Lipinski definition) is 4. The second-order valence-corrected chi connectivity index (χ2v) is 5.82. The molecular formula is C16H21N3O3. The molecule has 1 aromatic carbocycles. The number of para-hydroxylation sites is 1. The highest BCUT2D eigenvalue weighted by atomic mass is 16.3. The molecule has 2 N–H and O–H groups in total. The zero-order valence-corrected chi connectivity index (χ0v) is 12.5. The van der Waals surface area contributed by atoms with E-state index in [-0.39, 0.29) is 23.5 Å². The number of piperazine rings is 1. The molecule has 2 saturated heterocycles. The van der Waals surface area contributed by atoms with Gasteiger partial charge in [0.25, 0.3) is 5.91 Å². The molecular weight excluding hydrogens is 282 g/mol. The van der Waals surface area contributed by atoms with E-state index in [1.807, 2.05) is 4.90 Å². The van der Waals surface area contributed by atoms with Crippen molar-refractivity contribution in [2.45, 2.75) is 6.42 Å². The van der Waals surface area contributed by atoms with Crippen LogP contribution in [0.15, 0.2) is 24.3 Å². The zero-order valence-electron chi connectivity index (χ0n) is 12.5. The van der Waals surface area contributed by atoms with Gasteiger partial charge in [-0.25, -0.2) is 0 Å². The van der Waals surface area contributed by atoms with Crippen molar-refractivity contribution in [2.75, 3.05) is 39.3 Å². The molecule has 2 fully saturated rings. The van der Waals surface area contributed by atoms with Gasteiger partial charge in [-0.3, -0.25) is 9.59 Å². The van der Waals surface area contributed by atoms with Crippen LogP contribution in [-0.2, 0) is 4.79 Å². The van der Waals surface area contributed by atoms with E-state index in [0.717, 1.165) is 19.5 Å². The molecule has 2 aliphatic heterocycles. The number of phenolic OH excluding ortho intramolecular Hbond substituents is 1. The fraction of sp³-hybridized carbons (Fsp3) is 0.500. The maximum atomic E-state index is 12.4. The van der Waals surface area contributed by atoms with Crippen LogP contribution < -0.4 is 5.32 Å². The van der Waals surface area contributed by atoms with Crippen LogP contribution in [0.2, 0.25) is 0 Å². The van der Waals surface area contributed by atoms with E-state index in [0.29, 0.717) is 31.7 Å². The number of nitrogens with one attached hydrogen (secondary N) is 1. The average Bonchev–Trinajstić information content (AvgIpc) is 3.09. The van der Waals surface area contributed by atoms with Crippen molar-refractivity contribution in [1.82, 2.24) is 15.1 Å². The van der Waals surface area contributed by atoms with Gasteiger partial charge in [0, 0.05) is 32.7 Å². The van der Waals surface area contributed by atoms with E-state index in [2.05, 4.69) is 5.32 Å². The Morgan fingerprint density at radius 1 is 1.09 bits per heavy atom. The summed E-state index contributed by atoms with van der Waals surface area (Å²) in [4.78, 5) is 28.3. The summed E-state index contributed by atoms with van der Waals surface area (Å²) in [6.45, 7) is 3.82. The highest BCUT2D eigenvalue weighted by Gasteiger charge is 2.31.